The predicted molar refractivity (Wildman–Crippen MR) is 139 cm³/mol. The molecule has 0 atom stereocenters. The fraction of sp³-hybridized carbons (Fsp3) is 0.345. The van der Waals surface area contributed by atoms with Gasteiger partial charge in [-0.25, -0.2) is 0 Å². The highest BCUT2D eigenvalue weighted by molar-refractivity contribution is 6.99. The van der Waals surface area contributed by atoms with Gasteiger partial charge in [0.05, 0.1) is 6.61 Å². The summed E-state index contributed by atoms with van der Waals surface area (Å²) in [7, 11) is -2.55. The third-order valence-electron chi connectivity index (χ3n) is 6.22. The van der Waals surface area contributed by atoms with Gasteiger partial charge in [-0.2, -0.15) is 0 Å². The topological polar surface area (TPSA) is 46.5 Å². The van der Waals surface area contributed by atoms with Crippen molar-refractivity contribution in [1.29, 1.82) is 0 Å². The van der Waals surface area contributed by atoms with Crippen LogP contribution >= 0.6 is 0 Å². The molecule has 0 heterocycles. The number of aryl methyl sites for hydroxylation is 1. The average Bonchev–Trinajstić information content (AvgIpc) is 2.80. The molecule has 3 aromatic rings. The molecule has 33 heavy (non-hydrogen) atoms. The molecular formula is C29H36O3Si. The van der Waals surface area contributed by atoms with E-state index in [0.717, 1.165) is 25.7 Å². The van der Waals surface area contributed by atoms with E-state index in [1.807, 2.05) is 0 Å². The van der Waals surface area contributed by atoms with Crippen molar-refractivity contribution in [3.05, 3.63) is 96.1 Å². The Bertz CT molecular complexity index is 970. The van der Waals surface area contributed by atoms with E-state index in [1.54, 1.807) is 0 Å². The Morgan fingerprint density at radius 2 is 1.36 bits per heavy atom. The molecule has 0 aliphatic rings. The zero-order valence-electron chi connectivity index (χ0n) is 20.1. The molecule has 0 saturated heterocycles. The smallest absolute Gasteiger partial charge is 0.303 e. The molecule has 3 nitrogen and oxygen atoms in total. The number of carboxylic acid groups (broad SMARTS) is 1. The highest BCUT2D eigenvalue weighted by Gasteiger charge is 2.50. The Balaban J connectivity index is 1.82. The van der Waals surface area contributed by atoms with Crippen LogP contribution in [0.25, 0.3) is 0 Å². The molecule has 3 aromatic carbocycles. The Morgan fingerprint density at radius 1 is 0.788 bits per heavy atom. The van der Waals surface area contributed by atoms with Gasteiger partial charge in [-0.05, 0) is 45.8 Å². The van der Waals surface area contributed by atoms with Crippen LogP contribution in [0.3, 0.4) is 0 Å². The Labute approximate surface area is 199 Å². The zero-order chi connectivity index (χ0) is 23.7. The lowest BCUT2D eigenvalue weighted by atomic mass is 10.0. The van der Waals surface area contributed by atoms with Crippen molar-refractivity contribution in [2.24, 2.45) is 0 Å². The van der Waals surface area contributed by atoms with Crippen LogP contribution in [0.15, 0.2) is 84.9 Å². The first-order valence-corrected chi connectivity index (χ1v) is 13.8. The summed E-state index contributed by atoms with van der Waals surface area (Å²) in [4.78, 5) is 10.7. The monoisotopic (exact) mass is 460 g/mol. The van der Waals surface area contributed by atoms with Gasteiger partial charge in [0.25, 0.3) is 8.32 Å². The van der Waals surface area contributed by atoms with Gasteiger partial charge in [-0.15, -0.1) is 0 Å². The molecular weight excluding hydrogens is 424 g/mol. The number of rotatable bonds is 11. The number of carbonyl (C=O) groups is 1. The Morgan fingerprint density at radius 3 is 1.91 bits per heavy atom. The van der Waals surface area contributed by atoms with E-state index < -0.39 is 14.3 Å². The first kappa shape index (κ1) is 24.9. The van der Waals surface area contributed by atoms with Crippen molar-refractivity contribution in [3.8, 4) is 0 Å². The fourth-order valence-corrected chi connectivity index (χ4v) is 9.15. The van der Waals surface area contributed by atoms with Crippen LogP contribution in [0, 0.1) is 0 Å². The van der Waals surface area contributed by atoms with E-state index in [9.17, 15) is 4.79 Å². The van der Waals surface area contributed by atoms with Gasteiger partial charge in [-0.3, -0.25) is 4.79 Å². The summed E-state index contributed by atoms with van der Waals surface area (Å²) in [6.45, 7) is 7.46. The molecule has 0 bridgehead atoms. The molecule has 3 rings (SSSR count). The molecule has 0 amide bonds. The minimum atomic E-state index is -2.55. The van der Waals surface area contributed by atoms with E-state index in [4.69, 9.17) is 9.53 Å². The number of unbranched alkanes of at least 4 members (excludes halogenated alkanes) is 2. The average molecular weight is 461 g/mol. The first-order chi connectivity index (χ1) is 15.8. The van der Waals surface area contributed by atoms with Crippen LogP contribution in [-0.4, -0.2) is 19.4 Å². The number of aliphatic carboxylic acids is 1. The van der Waals surface area contributed by atoms with Crippen LogP contribution in [0.4, 0.5) is 0 Å². The lowest BCUT2D eigenvalue weighted by Crippen LogP contribution is -2.66. The standard InChI is InChI=1S/C29H36O3Si/c1-29(2,3)33(26-17-8-5-9-18-26,27-19-10-6-11-20-27)32-23-25-16-13-15-24(22-25)14-7-4-12-21-28(30)31/h5-6,8-11,13,15-20,22H,4,7,12,14,21,23H2,1-3H3,(H,30,31). The first-order valence-electron chi connectivity index (χ1n) is 11.9. The van der Waals surface area contributed by atoms with Crippen molar-refractivity contribution in [2.45, 2.75) is 64.5 Å². The third-order valence-corrected chi connectivity index (χ3v) is 11.2. The highest BCUT2D eigenvalue weighted by atomic mass is 28.4. The summed E-state index contributed by atoms with van der Waals surface area (Å²) >= 11 is 0. The number of hydrogen-bond donors (Lipinski definition) is 1. The maximum atomic E-state index is 10.7. The second-order valence-corrected chi connectivity index (χ2v) is 14.0. The van der Waals surface area contributed by atoms with Crippen molar-refractivity contribution < 1.29 is 14.3 Å². The Kier molecular flexibility index (Phi) is 8.65. The summed E-state index contributed by atoms with van der Waals surface area (Å²) < 4.78 is 7.05. The molecule has 174 valence electrons. The highest BCUT2D eigenvalue weighted by Crippen LogP contribution is 2.37. The Hall–Kier alpha value is -2.69. The van der Waals surface area contributed by atoms with Crippen LogP contribution < -0.4 is 10.4 Å². The van der Waals surface area contributed by atoms with E-state index in [-0.39, 0.29) is 11.5 Å². The quantitative estimate of drug-likeness (QED) is 0.284. The van der Waals surface area contributed by atoms with Crippen molar-refractivity contribution in [3.63, 3.8) is 0 Å². The number of hydrogen-bond acceptors (Lipinski definition) is 2. The summed E-state index contributed by atoms with van der Waals surface area (Å²) in [6, 6.07) is 30.1. The third kappa shape index (κ3) is 6.43. The number of benzene rings is 3. The fourth-order valence-electron chi connectivity index (χ4n) is 4.61. The van der Waals surface area contributed by atoms with Crippen LogP contribution in [-0.2, 0) is 22.2 Å². The lowest BCUT2D eigenvalue weighted by molar-refractivity contribution is -0.137. The maximum Gasteiger partial charge on any atom is 0.303 e. The predicted octanol–water partition coefficient (Wildman–Crippen LogP) is 5.95. The zero-order valence-corrected chi connectivity index (χ0v) is 21.1. The largest absolute Gasteiger partial charge is 0.481 e. The molecule has 1 N–H and O–H groups in total. The van der Waals surface area contributed by atoms with Crippen molar-refractivity contribution >= 4 is 24.7 Å². The van der Waals surface area contributed by atoms with Gasteiger partial charge >= 0.3 is 5.97 Å². The summed E-state index contributed by atoms with van der Waals surface area (Å²) in [5.74, 6) is -0.711. The normalized spacial score (nSPS) is 12.0. The second-order valence-electron chi connectivity index (χ2n) is 9.73. The van der Waals surface area contributed by atoms with Gasteiger partial charge in [0, 0.05) is 6.42 Å². The molecule has 0 saturated carbocycles. The van der Waals surface area contributed by atoms with Crippen LogP contribution in [0.2, 0.25) is 5.04 Å². The molecule has 0 aliphatic carbocycles. The van der Waals surface area contributed by atoms with Gasteiger partial charge in [0.1, 0.15) is 0 Å². The van der Waals surface area contributed by atoms with Crippen molar-refractivity contribution in [1.82, 2.24) is 0 Å². The number of carboxylic acids is 1. The molecule has 0 aliphatic heterocycles. The summed E-state index contributed by atoms with van der Waals surface area (Å²) in [5, 5.41) is 11.3. The van der Waals surface area contributed by atoms with Gasteiger partial charge in [0.15, 0.2) is 0 Å². The van der Waals surface area contributed by atoms with E-state index in [1.165, 1.54) is 21.5 Å². The van der Waals surface area contributed by atoms with Crippen LogP contribution in [0.1, 0.15) is 57.6 Å². The molecule has 0 radical (unpaired) electrons. The minimum Gasteiger partial charge on any atom is -0.481 e. The summed E-state index contributed by atoms with van der Waals surface area (Å²) in [5.41, 5.74) is 2.47. The lowest BCUT2D eigenvalue weighted by Gasteiger charge is -2.43. The molecule has 0 spiro atoms. The van der Waals surface area contributed by atoms with E-state index in [2.05, 4.69) is 106 Å². The van der Waals surface area contributed by atoms with Crippen LogP contribution in [0.5, 0.6) is 0 Å². The molecule has 0 aromatic heterocycles. The minimum absolute atomic E-state index is 0.0442. The molecule has 0 unspecified atom stereocenters. The van der Waals surface area contributed by atoms with Crippen molar-refractivity contribution in [2.75, 3.05) is 0 Å². The van der Waals surface area contributed by atoms with Gasteiger partial charge in [-0.1, -0.05) is 112 Å². The summed E-state index contributed by atoms with van der Waals surface area (Å²) in [6.07, 6.45) is 3.91. The maximum absolute atomic E-state index is 10.7. The van der Waals surface area contributed by atoms with Gasteiger partial charge in [0.2, 0.25) is 0 Å². The second kappa shape index (κ2) is 11.4. The van der Waals surface area contributed by atoms with E-state index >= 15 is 0 Å². The van der Waals surface area contributed by atoms with E-state index in [0.29, 0.717) is 6.61 Å². The van der Waals surface area contributed by atoms with Gasteiger partial charge < -0.3 is 9.53 Å². The molecule has 4 heteroatoms. The molecule has 0 fully saturated rings. The SMILES string of the molecule is CC(C)(C)[Si](OCc1cccc(CCCCCC(=O)O)c1)(c1ccccc1)c1ccccc1.